The van der Waals surface area contributed by atoms with E-state index in [-0.39, 0.29) is 28.2 Å². The number of hydrogen-bond donors (Lipinski definition) is 1. The summed E-state index contributed by atoms with van der Waals surface area (Å²) in [4.78, 5) is 27.2. The van der Waals surface area contributed by atoms with Crippen molar-refractivity contribution in [3.8, 4) is 0 Å². The van der Waals surface area contributed by atoms with Gasteiger partial charge in [0, 0.05) is 18.1 Å². The number of halogens is 4. The zero-order valence-corrected chi connectivity index (χ0v) is 22.0. The molecule has 2 rings (SSSR count). The first-order valence-electron chi connectivity index (χ1n) is 9.79. The van der Waals surface area contributed by atoms with Crippen LogP contribution >= 0.6 is 46.4 Å². The molecule has 180 valence electrons. The van der Waals surface area contributed by atoms with Crippen LogP contribution < -0.4 is 9.62 Å². The number of anilines is 1. The van der Waals surface area contributed by atoms with Gasteiger partial charge in [-0.3, -0.25) is 13.9 Å². The number of sulfonamides is 1. The van der Waals surface area contributed by atoms with Crippen molar-refractivity contribution in [2.75, 3.05) is 23.7 Å². The van der Waals surface area contributed by atoms with Gasteiger partial charge in [0.25, 0.3) is 0 Å². The average Bonchev–Trinajstić information content (AvgIpc) is 2.72. The van der Waals surface area contributed by atoms with Gasteiger partial charge in [-0.05, 0) is 49.7 Å². The van der Waals surface area contributed by atoms with Crippen LogP contribution in [0.2, 0.25) is 20.1 Å². The lowest BCUT2D eigenvalue weighted by molar-refractivity contribution is -0.139. The quantitative estimate of drug-likeness (QED) is 0.490. The number of hydrogen-bond acceptors (Lipinski definition) is 4. The molecule has 0 aromatic heterocycles. The lowest BCUT2D eigenvalue weighted by Gasteiger charge is -2.31. The summed E-state index contributed by atoms with van der Waals surface area (Å²) in [5.41, 5.74) is 0.710. The Bertz CT molecular complexity index is 1140. The highest BCUT2D eigenvalue weighted by atomic mass is 35.5. The standard InChI is InChI=1S/C21H23Cl4N3O4S/c1-4-26-21(30)13(2)27(11-14-5-7-16(23)17(24)9-14)20(29)12-28(33(3,31)32)19-8-6-15(22)10-18(19)25/h5-10,13H,4,11-12H2,1-3H3,(H,26,30)/t13-/m0/s1. The minimum Gasteiger partial charge on any atom is -0.355 e. The second-order valence-corrected chi connectivity index (χ2v) is 10.8. The van der Waals surface area contributed by atoms with E-state index in [1.54, 1.807) is 32.0 Å². The highest BCUT2D eigenvalue weighted by molar-refractivity contribution is 7.92. The van der Waals surface area contributed by atoms with Gasteiger partial charge < -0.3 is 10.2 Å². The molecule has 2 aromatic rings. The van der Waals surface area contributed by atoms with E-state index in [4.69, 9.17) is 46.4 Å². The lowest BCUT2D eigenvalue weighted by Crippen LogP contribution is -2.51. The summed E-state index contributed by atoms with van der Waals surface area (Å²) in [5.74, 6) is -1.00. The Morgan fingerprint density at radius 2 is 1.67 bits per heavy atom. The normalized spacial score (nSPS) is 12.2. The Hall–Kier alpha value is -1.71. The number of carbonyl (C=O) groups is 2. The van der Waals surface area contributed by atoms with Crippen molar-refractivity contribution in [2.24, 2.45) is 0 Å². The summed E-state index contributed by atoms with van der Waals surface area (Å²) in [5, 5.41) is 3.68. The van der Waals surface area contributed by atoms with Gasteiger partial charge in [0.2, 0.25) is 21.8 Å². The first-order chi connectivity index (χ1) is 15.3. The van der Waals surface area contributed by atoms with Gasteiger partial charge >= 0.3 is 0 Å². The van der Waals surface area contributed by atoms with Crippen LogP contribution in [0.3, 0.4) is 0 Å². The zero-order chi connectivity index (χ0) is 24.9. The molecule has 7 nitrogen and oxygen atoms in total. The Morgan fingerprint density at radius 3 is 2.21 bits per heavy atom. The van der Waals surface area contributed by atoms with Crippen molar-refractivity contribution in [3.05, 3.63) is 62.1 Å². The van der Waals surface area contributed by atoms with E-state index < -0.39 is 28.5 Å². The zero-order valence-electron chi connectivity index (χ0n) is 18.1. The summed E-state index contributed by atoms with van der Waals surface area (Å²) in [7, 11) is -3.90. The van der Waals surface area contributed by atoms with Crippen molar-refractivity contribution < 1.29 is 18.0 Å². The lowest BCUT2D eigenvalue weighted by atomic mass is 10.1. The van der Waals surface area contributed by atoms with Crippen LogP contribution in [-0.2, 0) is 26.2 Å². The SMILES string of the molecule is CCNC(=O)[C@H](C)N(Cc1ccc(Cl)c(Cl)c1)C(=O)CN(c1ccc(Cl)cc1Cl)S(C)(=O)=O. The molecule has 0 saturated heterocycles. The molecule has 0 aliphatic carbocycles. The van der Waals surface area contributed by atoms with Crippen LogP contribution in [0.4, 0.5) is 5.69 Å². The number of likely N-dealkylation sites (N-methyl/N-ethyl adjacent to an activating group) is 1. The van der Waals surface area contributed by atoms with Crippen LogP contribution in [0.15, 0.2) is 36.4 Å². The highest BCUT2D eigenvalue weighted by Crippen LogP contribution is 2.31. The molecule has 0 bridgehead atoms. The van der Waals surface area contributed by atoms with E-state index in [1.165, 1.54) is 23.1 Å². The summed E-state index contributed by atoms with van der Waals surface area (Å²) >= 11 is 24.2. The minimum atomic E-state index is -3.90. The fraction of sp³-hybridized carbons (Fsp3) is 0.333. The molecule has 12 heteroatoms. The number of carbonyl (C=O) groups excluding carboxylic acids is 2. The third-order valence-corrected chi connectivity index (χ3v) is 7.12. The van der Waals surface area contributed by atoms with Crippen molar-refractivity contribution in [1.29, 1.82) is 0 Å². The van der Waals surface area contributed by atoms with Gasteiger partial charge in [-0.25, -0.2) is 8.42 Å². The van der Waals surface area contributed by atoms with Gasteiger partial charge in [0.1, 0.15) is 12.6 Å². The second kappa shape index (κ2) is 11.6. The Balaban J connectivity index is 2.43. The minimum absolute atomic E-state index is 0.0000247. The van der Waals surface area contributed by atoms with Gasteiger partial charge in [-0.1, -0.05) is 52.5 Å². The predicted molar refractivity (Wildman–Crippen MR) is 134 cm³/mol. The maximum Gasteiger partial charge on any atom is 0.244 e. The average molecular weight is 555 g/mol. The fourth-order valence-corrected chi connectivity index (χ4v) is 4.76. The summed E-state index contributed by atoms with van der Waals surface area (Å²) in [6.45, 7) is 3.10. The molecule has 0 unspecified atom stereocenters. The molecule has 0 aliphatic rings. The Morgan fingerprint density at radius 1 is 1.00 bits per heavy atom. The van der Waals surface area contributed by atoms with E-state index in [0.29, 0.717) is 22.2 Å². The van der Waals surface area contributed by atoms with E-state index in [9.17, 15) is 18.0 Å². The van der Waals surface area contributed by atoms with Crippen molar-refractivity contribution >= 4 is 73.9 Å². The summed E-state index contributed by atoms with van der Waals surface area (Å²) < 4.78 is 25.9. The molecule has 2 aromatic carbocycles. The molecule has 0 aliphatic heterocycles. The first-order valence-corrected chi connectivity index (χ1v) is 13.1. The molecule has 0 spiro atoms. The summed E-state index contributed by atoms with van der Waals surface area (Å²) in [6.07, 6.45) is 0.960. The van der Waals surface area contributed by atoms with E-state index in [1.807, 2.05) is 0 Å². The maximum absolute atomic E-state index is 13.4. The van der Waals surface area contributed by atoms with Gasteiger partial charge in [0.05, 0.1) is 27.0 Å². The molecule has 2 amide bonds. The fourth-order valence-electron chi connectivity index (χ4n) is 3.02. The van der Waals surface area contributed by atoms with Crippen LogP contribution in [0, 0.1) is 0 Å². The van der Waals surface area contributed by atoms with E-state index in [0.717, 1.165) is 10.6 Å². The third-order valence-electron chi connectivity index (χ3n) is 4.71. The molecule has 0 fully saturated rings. The number of benzene rings is 2. The monoisotopic (exact) mass is 553 g/mol. The molecule has 0 saturated carbocycles. The number of amides is 2. The molecular weight excluding hydrogens is 532 g/mol. The maximum atomic E-state index is 13.4. The van der Waals surface area contributed by atoms with Crippen LogP contribution in [0.1, 0.15) is 19.4 Å². The molecule has 1 atom stereocenters. The summed E-state index contributed by atoms with van der Waals surface area (Å²) in [6, 6.07) is 8.20. The van der Waals surface area contributed by atoms with Crippen molar-refractivity contribution in [1.82, 2.24) is 10.2 Å². The Labute approximate surface area is 213 Å². The smallest absolute Gasteiger partial charge is 0.244 e. The molecule has 1 N–H and O–H groups in total. The van der Waals surface area contributed by atoms with Gasteiger partial charge in [0.15, 0.2) is 0 Å². The molecular formula is C21H23Cl4N3O4S. The van der Waals surface area contributed by atoms with E-state index >= 15 is 0 Å². The number of nitrogens with one attached hydrogen (secondary N) is 1. The third kappa shape index (κ3) is 7.39. The van der Waals surface area contributed by atoms with E-state index in [2.05, 4.69) is 5.32 Å². The van der Waals surface area contributed by atoms with Crippen LogP contribution in [0.25, 0.3) is 0 Å². The molecule has 0 heterocycles. The van der Waals surface area contributed by atoms with Crippen molar-refractivity contribution in [3.63, 3.8) is 0 Å². The largest absolute Gasteiger partial charge is 0.355 e. The topological polar surface area (TPSA) is 86.8 Å². The first kappa shape index (κ1) is 27.5. The number of nitrogens with zero attached hydrogens (tertiary/aromatic N) is 2. The molecule has 0 radical (unpaired) electrons. The highest BCUT2D eigenvalue weighted by Gasteiger charge is 2.30. The predicted octanol–water partition coefficient (Wildman–Crippen LogP) is 4.62. The van der Waals surface area contributed by atoms with Crippen LogP contribution in [0.5, 0.6) is 0 Å². The van der Waals surface area contributed by atoms with Crippen LogP contribution in [-0.4, -0.2) is 50.5 Å². The molecule has 33 heavy (non-hydrogen) atoms. The second-order valence-electron chi connectivity index (χ2n) is 7.21. The Kier molecular flexibility index (Phi) is 9.70. The number of rotatable bonds is 9. The van der Waals surface area contributed by atoms with Gasteiger partial charge in [-0.15, -0.1) is 0 Å². The van der Waals surface area contributed by atoms with Crippen molar-refractivity contribution in [2.45, 2.75) is 26.4 Å². The van der Waals surface area contributed by atoms with Gasteiger partial charge in [-0.2, -0.15) is 0 Å².